The molecule has 1 aromatic heterocycles. The SMILES string of the molecule is [CH2-]C(=O)c1ncc(-c2cccc(CC)c2)cc1C.[K+]. The van der Waals surface area contributed by atoms with Crippen LogP contribution in [0.25, 0.3) is 11.1 Å². The average molecular weight is 277 g/mol. The van der Waals surface area contributed by atoms with Gasteiger partial charge in [0, 0.05) is 12.0 Å². The number of ketones is 1. The average Bonchev–Trinajstić information content (AvgIpc) is 2.38. The van der Waals surface area contributed by atoms with Gasteiger partial charge < -0.3 is 9.78 Å². The van der Waals surface area contributed by atoms with Crippen molar-refractivity contribution >= 4 is 5.78 Å². The van der Waals surface area contributed by atoms with Gasteiger partial charge in [0.25, 0.3) is 0 Å². The number of nitrogens with zero attached hydrogens (tertiary/aromatic N) is 1. The number of hydrogen-bond acceptors (Lipinski definition) is 2. The summed E-state index contributed by atoms with van der Waals surface area (Å²) in [5, 5.41) is 0. The molecule has 0 unspecified atom stereocenters. The molecule has 2 aromatic rings. The number of pyridine rings is 1. The molecule has 0 fully saturated rings. The van der Waals surface area contributed by atoms with Crippen LogP contribution in [0.1, 0.15) is 28.5 Å². The van der Waals surface area contributed by atoms with Crippen LogP contribution in [0.2, 0.25) is 0 Å². The van der Waals surface area contributed by atoms with E-state index in [0.29, 0.717) is 5.69 Å². The molecule has 0 bridgehead atoms. The number of aromatic nitrogens is 1. The van der Waals surface area contributed by atoms with Crippen LogP contribution in [-0.4, -0.2) is 10.8 Å². The van der Waals surface area contributed by atoms with Gasteiger partial charge in [0.1, 0.15) is 0 Å². The molecule has 0 spiro atoms. The molecule has 0 aliphatic heterocycles. The first-order chi connectivity index (χ1) is 8.61. The molecule has 19 heavy (non-hydrogen) atoms. The van der Waals surface area contributed by atoms with Crippen molar-refractivity contribution in [2.45, 2.75) is 20.3 Å². The Morgan fingerprint density at radius 3 is 2.58 bits per heavy atom. The predicted octanol–water partition coefficient (Wildman–Crippen LogP) is 0.640. The standard InChI is InChI=1S/C16H16NO.K/c1-4-13-6-5-7-14(9-13)15-8-11(2)16(12(3)18)17-10-15;/h5-10H,3-4H2,1-2H3;/q-1;+1. The number of carbonyl (C=O) groups excluding carboxylic acids is 1. The first-order valence-electron chi connectivity index (χ1n) is 6.04. The summed E-state index contributed by atoms with van der Waals surface area (Å²) in [6.07, 6.45) is 2.75. The molecule has 3 heteroatoms. The monoisotopic (exact) mass is 277 g/mol. The predicted molar refractivity (Wildman–Crippen MR) is 73.5 cm³/mol. The van der Waals surface area contributed by atoms with Gasteiger partial charge in [-0.1, -0.05) is 44.2 Å². The summed E-state index contributed by atoms with van der Waals surface area (Å²) in [5.74, 6) is -0.235. The maximum Gasteiger partial charge on any atom is 1.00 e. The minimum atomic E-state index is -0.235. The van der Waals surface area contributed by atoms with Crippen molar-refractivity contribution in [2.75, 3.05) is 0 Å². The molecule has 0 saturated carbocycles. The van der Waals surface area contributed by atoms with Crippen molar-refractivity contribution in [3.63, 3.8) is 0 Å². The van der Waals surface area contributed by atoms with Gasteiger partial charge >= 0.3 is 51.4 Å². The summed E-state index contributed by atoms with van der Waals surface area (Å²) in [6.45, 7) is 7.42. The van der Waals surface area contributed by atoms with Crippen LogP contribution in [0, 0.1) is 13.8 Å². The Hall–Kier alpha value is -0.454. The Balaban J connectivity index is 0.00000180. The van der Waals surface area contributed by atoms with Crippen LogP contribution in [0.15, 0.2) is 36.5 Å². The number of carbonyl (C=O) groups is 1. The van der Waals surface area contributed by atoms with Gasteiger partial charge in [0.05, 0.1) is 0 Å². The molecule has 1 heterocycles. The van der Waals surface area contributed by atoms with Crippen LogP contribution in [0.4, 0.5) is 0 Å². The molecule has 0 saturated heterocycles. The van der Waals surface area contributed by atoms with Crippen molar-refractivity contribution in [2.24, 2.45) is 0 Å². The third kappa shape index (κ3) is 4.00. The zero-order valence-corrected chi connectivity index (χ0v) is 14.9. The number of rotatable bonds is 3. The molecule has 0 amide bonds. The Morgan fingerprint density at radius 2 is 2.00 bits per heavy atom. The minimum Gasteiger partial charge on any atom is -0.347 e. The van der Waals surface area contributed by atoms with E-state index in [0.717, 1.165) is 23.1 Å². The second-order valence-electron chi connectivity index (χ2n) is 4.37. The normalized spacial score (nSPS) is 9.79. The van der Waals surface area contributed by atoms with E-state index in [1.807, 2.05) is 19.1 Å². The van der Waals surface area contributed by atoms with Gasteiger partial charge in [-0.15, -0.1) is 5.56 Å². The van der Waals surface area contributed by atoms with Gasteiger partial charge in [-0.2, -0.15) is 6.92 Å². The van der Waals surface area contributed by atoms with E-state index in [2.05, 4.69) is 37.0 Å². The van der Waals surface area contributed by atoms with Gasteiger partial charge in [-0.3, -0.25) is 0 Å². The smallest absolute Gasteiger partial charge is 0.347 e. The molecule has 92 valence electrons. The molecule has 2 rings (SSSR count). The Labute approximate surface area is 157 Å². The largest absolute Gasteiger partial charge is 1.00 e. The van der Waals surface area contributed by atoms with E-state index < -0.39 is 0 Å². The molecular weight excluding hydrogens is 261 g/mol. The van der Waals surface area contributed by atoms with E-state index in [1.165, 1.54) is 5.56 Å². The minimum absolute atomic E-state index is 0. The summed E-state index contributed by atoms with van der Waals surface area (Å²) in [5.41, 5.74) is 4.78. The van der Waals surface area contributed by atoms with Gasteiger partial charge in [0.2, 0.25) is 0 Å². The number of hydrogen-bond donors (Lipinski definition) is 0. The maximum absolute atomic E-state index is 11.2. The fraction of sp³-hybridized carbons (Fsp3) is 0.188. The zero-order valence-electron chi connectivity index (χ0n) is 11.7. The summed E-state index contributed by atoms with van der Waals surface area (Å²) in [6, 6.07) is 10.4. The van der Waals surface area contributed by atoms with E-state index in [-0.39, 0.29) is 57.2 Å². The Kier molecular flexibility index (Phi) is 6.43. The second-order valence-corrected chi connectivity index (χ2v) is 4.37. The van der Waals surface area contributed by atoms with Crippen molar-refractivity contribution in [3.05, 3.63) is 60.3 Å². The number of benzene rings is 1. The number of aryl methyl sites for hydroxylation is 2. The summed E-state index contributed by atoms with van der Waals surface area (Å²) in [7, 11) is 0. The van der Waals surface area contributed by atoms with Crippen molar-refractivity contribution in [1.82, 2.24) is 4.98 Å². The fourth-order valence-electron chi connectivity index (χ4n) is 2.00. The van der Waals surface area contributed by atoms with Crippen molar-refractivity contribution < 1.29 is 56.2 Å². The van der Waals surface area contributed by atoms with E-state index in [9.17, 15) is 4.79 Å². The third-order valence-corrected chi connectivity index (χ3v) is 3.01. The van der Waals surface area contributed by atoms with Crippen molar-refractivity contribution in [3.8, 4) is 11.1 Å². The van der Waals surface area contributed by atoms with Gasteiger partial charge in [0.15, 0.2) is 0 Å². The number of Topliss-reactive ketones (excluding diaryl/α,β-unsaturated/α-hetero) is 1. The second kappa shape index (κ2) is 7.36. The first-order valence-corrected chi connectivity index (χ1v) is 6.04. The first kappa shape index (κ1) is 16.6. The van der Waals surface area contributed by atoms with Crippen LogP contribution in [0.3, 0.4) is 0 Å². The zero-order chi connectivity index (χ0) is 13.1. The fourth-order valence-corrected chi connectivity index (χ4v) is 2.00. The molecule has 1 aromatic carbocycles. The van der Waals surface area contributed by atoms with Crippen LogP contribution in [0.5, 0.6) is 0 Å². The summed E-state index contributed by atoms with van der Waals surface area (Å²) in [4.78, 5) is 15.4. The van der Waals surface area contributed by atoms with E-state index >= 15 is 0 Å². The molecule has 0 N–H and O–H groups in total. The Bertz CT molecular complexity index is 593. The van der Waals surface area contributed by atoms with Crippen molar-refractivity contribution in [1.29, 1.82) is 0 Å². The maximum atomic E-state index is 11.2. The topological polar surface area (TPSA) is 30.0 Å². The van der Waals surface area contributed by atoms with Crippen LogP contribution < -0.4 is 51.4 Å². The summed E-state index contributed by atoms with van der Waals surface area (Å²) >= 11 is 0. The van der Waals surface area contributed by atoms with Crippen LogP contribution in [-0.2, 0) is 6.42 Å². The van der Waals surface area contributed by atoms with E-state index in [4.69, 9.17) is 0 Å². The molecule has 2 nitrogen and oxygen atoms in total. The van der Waals surface area contributed by atoms with Gasteiger partial charge in [-0.05, 0) is 28.8 Å². The molecule has 0 radical (unpaired) electrons. The quantitative estimate of drug-likeness (QED) is 0.468. The summed E-state index contributed by atoms with van der Waals surface area (Å²) < 4.78 is 0. The molecule has 0 aliphatic carbocycles. The Morgan fingerprint density at radius 1 is 1.26 bits per heavy atom. The van der Waals surface area contributed by atoms with Crippen LogP contribution >= 0.6 is 0 Å². The van der Waals surface area contributed by atoms with E-state index in [1.54, 1.807) is 6.20 Å². The van der Waals surface area contributed by atoms with Gasteiger partial charge in [-0.25, -0.2) is 0 Å². The molecule has 0 atom stereocenters. The molecular formula is C16H16KNO. The molecule has 0 aliphatic rings. The third-order valence-electron chi connectivity index (χ3n) is 3.01.